The predicted molar refractivity (Wildman–Crippen MR) is 81.2 cm³/mol. The van der Waals surface area contributed by atoms with E-state index in [4.69, 9.17) is 10.5 Å². The van der Waals surface area contributed by atoms with Gasteiger partial charge in [0.1, 0.15) is 11.6 Å². The van der Waals surface area contributed by atoms with E-state index in [1.807, 2.05) is 45.9 Å². The maximum Gasteiger partial charge on any atom is 0.323 e. The van der Waals surface area contributed by atoms with Crippen LogP contribution in [-0.2, 0) is 16.0 Å². The molecule has 0 spiro atoms. The summed E-state index contributed by atoms with van der Waals surface area (Å²) in [6, 6.07) is 9.70. The lowest BCUT2D eigenvalue weighted by Gasteiger charge is -2.25. The molecule has 1 aromatic carbocycles. The minimum absolute atomic E-state index is 0.245. The predicted octanol–water partition coefficient (Wildman–Crippen LogP) is 2.22. The van der Waals surface area contributed by atoms with E-state index in [1.54, 1.807) is 0 Å². The van der Waals surface area contributed by atoms with Crippen molar-refractivity contribution < 1.29 is 9.53 Å². The standard InChI is InChI=1S/C16H26N2O2/c1-12(17)18-14(15(19)20-16(2,3)4)11-10-13-8-6-5-7-9-13/h5-9,12,14,18H,10-11,17H2,1-4H3. The minimum Gasteiger partial charge on any atom is -0.459 e. The van der Waals surface area contributed by atoms with Gasteiger partial charge in [-0.3, -0.25) is 10.1 Å². The molecule has 3 N–H and O–H groups in total. The molecule has 0 bridgehead atoms. The molecule has 0 aromatic heterocycles. The number of carbonyl (C=O) groups excluding carboxylic acids is 1. The summed E-state index contributed by atoms with van der Waals surface area (Å²) in [5.41, 5.74) is 6.46. The van der Waals surface area contributed by atoms with Gasteiger partial charge in [0.25, 0.3) is 0 Å². The smallest absolute Gasteiger partial charge is 0.323 e. The Morgan fingerprint density at radius 1 is 1.30 bits per heavy atom. The highest BCUT2D eigenvalue weighted by Gasteiger charge is 2.25. The second-order valence-electron chi connectivity index (χ2n) is 6.07. The molecular formula is C16H26N2O2. The second-order valence-corrected chi connectivity index (χ2v) is 6.07. The zero-order valence-electron chi connectivity index (χ0n) is 12.8. The topological polar surface area (TPSA) is 64.3 Å². The van der Waals surface area contributed by atoms with E-state index < -0.39 is 5.60 Å². The lowest BCUT2D eigenvalue weighted by molar-refractivity contribution is -0.157. The van der Waals surface area contributed by atoms with Crippen molar-refractivity contribution in [1.29, 1.82) is 0 Å². The van der Waals surface area contributed by atoms with Gasteiger partial charge in [0.2, 0.25) is 0 Å². The summed E-state index contributed by atoms with van der Waals surface area (Å²) in [5.74, 6) is -0.245. The number of hydrogen-bond acceptors (Lipinski definition) is 4. The molecule has 1 aromatic rings. The van der Waals surface area contributed by atoms with Gasteiger partial charge < -0.3 is 10.5 Å². The van der Waals surface area contributed by atoms with E-state index in [1.165, 1.54) is 5.56 Å². The Kier molecular flexibility index (Phi) is 6.17. The molecule has 0 heterocycles. The van der Waals surface area contributed by atoms with E-state index in [9.17, 15) is 4.79 Å². The molecule has 0 saturated heterocycles. The Morgan fingerprint density at radius 3 is 2.40 bits per heavy atom. The van der Waals surface area contributed by atoms with Gasteiger partial charge >= 0.3 is 5.97 Å². The number of nitrogens with two attached hydrogens (primary N) is 1. The van der Waals surface area contributed by atoms with Crippen LogP contribution in [0.5, 0.6) is 0 Å². The van der Waals surface area contributed by atoms with Crippen molar-refractivity contribution >= 4 is 5.97 Å². The Hall–Kier alpha value is -1.39. The van der Waals surface area contributed by atoms with Crippen LogP contribution >= 0.6 is 0 Å². The SMILES string of the molecule is CC(N)NC(CCc1ccccc1)C(=O)OC(C)(C)C. The third kappa shape index (κ3) is 6.68. The highest BCUT2D eigenvalue weighted by atomic mass is 16.6. The first-order valence-electron chi connectivity index (χ1n) is 7.06. The summed E-state index contributed by atoms with van der Waals surface area (Å²) in [5, 5.41) is 3.08. The van der Waals surface area contributed by atoms with Crippen molar-refractivity contribution in [2.24, 2.45) is 5.73 Å². The van der Waals surface area contributed by atoms with Crippen LogP contribution in [0.2, 0.25) is 0 Å². The molecule has 0 fully saturated rings. The van der Waals surface area contributed by atoms with Crippen molar-refractivity contribution in [2.45, 2.75) is 58.3 Å². The van der Waals surface area contributed by atoms with E-state index >= 15 is 0 Å². The molecular weight excluding hydrogens is 252 g/mol. The number of benzene rings is 1. The zero-order valence-corrected chi connectivity index (χ0v) is 12.8. The number of aryl methyl sites for hydroxylation is 1. The van der Waals surface area contributed by atoms with Crippen molar-refractivity contribution in [2.75, 3.05) is 0 Å². The molecule has 2 atom stereocenters. The number of rotatable bonds is 6. The van der Waals surface area contributed by atoms with Crippen LogP contribution in [-0.4, -0.2) is 23.8 Å². The van der Waals surface area contributed by atoms with Crippen LogP contribution in [0.1, 0.15) is 39.7 Å². The van der Waals surface area contributed by atoms with Crippen molar-refractivity contribution in [3.8, 4) is 0 Å². The van der Waals surface area contributed by atoms with Gasteiger partial charge in [-0.05, 0) is 46.1 Å². The minimum atomic E-state index is -0.485. The summed E-state index contributed by atoms with van der Waals surface area (Å²) in [4.78, 5) is 12.2. The molecule has 0 aliphatic heterocycles. The number of esters is 1. The summed E-state index contributed by atoms with van der Waals surface area (Å²) >= 11 is 0. The van der Waals surface area contributed by atoms with Crippen molar-refractivity contribution in [3.05, 3.63) is 35.9 Å². The Bertz CT molecular complexity index is 410. The molecule has 4 nitrogen and oxygen atoms in total. The van der Waals surface area contributed by atoms with Crippen LogP contribution in [0.15, 0.2) is 30.3 Å². The van der Waals surface area contributed by atoms with Gasteiger partial charge in [0.15, 0.2) is 0 Å². The van der Waals surface area contributed by atoms with E-state index in [0.717, 1.165) is 6.42 Å². The summed E-state index contributed by atoms with van der Waals surface area (Å²) < 4.78 is 5.43. The van der Waals surface area contributed by atoms with Gasteiger partial charge in [0.05, 0.1) is 6.17 Å². The van der Waals surface area contributed by atoms with Crippen molar-refractivity contribution in [1.82, 2.24) is 5.32 Å². The van der Waals surface area contributed by atoms with Crippen LogP contribution < -0.4 is 11.1 Å². The maximum absolute atomic E-state index is 12.2. The fraction of sp³-hybridized carbons (Fsp3) is 0.562. The fourth-order valence-electron chi connectivity index (χ4n) is 1.92. The van der Waals surface area contributed by atoms with E-state index in [0.29, 0.717) is 6.42 Å². The molecule has 0 saturated carbocycles. The fourth-order valence-corrected chi connectivity index (χ4v) is 1.92. The number of carbonyl (C=O) groups is 1. The zero-order chi connectivity index (χ0) is 15.2. The summed E-state index contributed by atoms with van der Waals surface area (Å²) in [6.07, 6.45) is 1.23. The average molecular weight is 278 g/mol. The molecule has 0 aliphatic carbocycles. The Balaban J connectivity index is 2.62. The molecule has 4 heteroatoms. The van der Waals surface area contributed by atoms with Crippen LogP contribution in [0.4, 0.5) is 0 Å². The van der Waals surface area contributed by atoms with Gasteiger partial charge in [0, 0.05) is 0 Å². The largest absolute Gasteiger partial charge is 0.459 e. The first-order chi connectivity index (χ1) is 9.28. The normalized spacial score (nSPS) is 14.7. The van der Waals surface area contributed by atoms with Gasteiger partial charge in [-0.1, -0.05) is 30.3 Å². The number of nitrogens with one attached hydrogen (secondary N) is 1. The maximum atomic E-state index is 12.2. The van der Waals surface area contributed by atoms with Crippen molar-refractivity contribution in [3.63, 3.8) is 0 Å². The molecule has 0 radical (unpaired) electrons. The molecule has 0 amide bonds. The second kappa shape index (κ2) is 7.41. The summed E-state index contributed by atoms with van der Waals surface area (Å²) in [7, 11) is 0. The average Bonchev–Trinajstić information content (AvgIpc) is 2.33. The number of ether oxygens (including phenoxy) is 1. The van der Waals surface area contributed by atoms with E-state index in [2.05, 4.69) is 17.4 Å². The highest BCUT2D eigenvalue weighted by Crippen LogP contribution is 2.12. The monoisotopic (exact) mass is 278 g/mol. The molecule has 0 aliphatic rings. The highest BCUT2D eigenvalue weighted by molar-refractivity contribution is 5.76. The third-order valence-corrected chi connectivity index (χ3v) is 2.72. The first kappa shape index (κ1) is 16.7. The molecule has 1 rings (SSSR count). The lowest BCUT2D eigenvalue weighted by atomic mass is 10.0. The van der Waals surface area contributed by atoms with Gasteiger partial charge in [-0.25, -0.2) is 0 Å². The molecule has 2 unspecified atom stereocenters. The first-order valence-corrected chi connectivity index (χ1v) is 7.06. The third-order valence-electron chi connectivity index (χ3n) is 2.72. The van der Waals surface area contributed by atoms with E-state index in [-0.39, 0.29) is 18.2 Å². The van der Waals surface area contributed by atoms with Gasteiger partial charge in [-0.2, -0.15) is 0 Å². The van der Waals surface area contributed by atoms with Crippen LogP contribution in [0.25, 0.3) is 0 Å². The lowest BCUT2D eigenvalue weighted by Crippen LogP contribution is -2.48. The quantitative estimate of drug-likeness (QED) is 0.618. The van der Waals surface area contributed by atoms with Crippen LogP contribution in [0, 0.1) is 0 Å². The summed E-state index contributed by atoms with van der Waals surface area (Å²) in [6.45, 7) is 7.42. The van der Waals surface area contributed by atoms with Crippen LogP contribution in [0.3, 0.4) is 0 Å². The Morgan fingerprint density at radius 2 is 1.90 bits per heavy atom. The molecule has 20 heavy (non-hydrogen) atoms. The van der Waals surface area contributed by atoms with Gasteiger partial charge in [-0.15, -0.1) is 0 Å². The number of hydrogen-bond donors (Lipinski definition) is 2. The Labute approximate surface area is 121 Å². The molecule has 112 valence electrons.